The first-order valence-electron chi connectivity index (χ1n) is 16.4. The topological polar surface area (TPSA) is 26.3 Å². The third-order valence-corrected chi connectivity index (χ3v) is 6.74. The molecule has 0 N–H and O–H groups in total. The highest BCUT2D eigenvalue weighted by molar-refractivity contribution is 5.82. The zero-order chi connectivity index (χ0) is 31.3. The Balaban J connectivity index is 4.70. The summed E-state index contributed by atoms with van der Waals surface area (Å²) >= 11 is 0. The second-order valence-corrected chi connectivity index (χ2v) is 11.8. The normalized spacial score (nSPS) is 13.7. The molecule has 1 atom stereocenters. The van der Waals surface area contributed by atoms with E-state index in [1.54, 1.807) is 6.08 Å². The van der Waals surface area contributed by atoms with Crippen molar-refractivity contribution in [2.45, 2.75) is 138 Å². The Hall–Kier alpha value is -2.87. The summed E-state index contributed by atoms with van der Waals surface area (Å²) in [7, 11) is 0. The average Bonchev–Trinajstić information content (AvgIpc) is 2.93. The van der Waals surface area contributed by atoms with E-state index >= 15 is 0 Å². The number of hydrogen-bond acceptors (Lipinski definition) is 2. The van der Waals surface area contributed by atoms with Crippen LogP contribution in [0.15, 0.2) is 107 Å². The van der Waals surface area contributed by atoms with Crippen molar-refractivity contribution in [3.63, 3.8) is 0 Å². The van der Waals surface area contributed by atoms with E-state index in [0.717, 1.165) is 32.1 Å². The number of carbonyl (C=O) groups is 1. The third-order valence-electron chi connectivity index (χ3n) is 6.74. The molecule has 0 aliphatic heterocycles. The van der Waals surface area contributed by atoms with Crippen LogP contribution in [0.1, 0.15) is 132 Å². The minimum absolute atomic E-state index is 0.264. The van der Waals surface area contributed by atoms with Gasteiger partial charge in [-0.05, 0) is 86.1 Å². The number of ether oxygens (including phenoxy) is 1. The largest absolute Gasteiger partial charge is 0.455 e. The van der Waals surface area contributed by atoms with Crippen molar-refractivity contribution < 1.29 is 9.53 Å². The van der Waals surface area contributed by atoms with E-state index in [4.69, 9.17) is 4.74 Å². The number of carbonyl (C=O) groups excluding carboxylic acids is 1. The quantitative estimate of drug-likeness (QED) is 0.0399. The zero-order valence-electron chi connectivity index (χ0n) is 28.2. The Morgan fingerprint density at radius 1 is 0.595 bits per heavy atom. The summed E-state index contributed by atoms with van der Waals surface area (Å²) < 4.78 is 5.83. The minimum atomic E-state index is -0.316. The highest BCUT2D eigenvalue weighted by Gasteiger charge is 2.09. The van der Waals surface area contributed by atoms with Gasteiger partial charge in [0.05, 0.1) is 0 Å². The van der Waals surface area contributed by atoms with Gasteiger partial charge in [-0.25, -0.2) is 4.79 Å². The summed E-state index contributed by atoms with van der Waals surface area (Å²) in [5, 5.41) is 0. The first kappa shape index (κ1) is 39.1. The lowest BCUT2D eigenvalue weighted by Crippen LogP contribution is -2.14. The van der Waals surface area contributed by atoms with Crippen LogP contribution in [0.5, 0.6) is 0 Å². The van der Waals surface area contributed by atoms with Crippen LogP contribution in [0.25, 0.3) is 0 Å². The summed E-state index contributed by atoms with van der Waals surface area (Å²) in [6, 6.07) is 0. The van der Waals surface area contributed by atoms with Crippen molar-refractivity contribution in [1.29, 1.82) is 0 Å². The monoisotopic (exact) mass is 574 g/mol. The zero-order valence-corrected chi connectivity index (χ0v) is 28.2. The van der Waals surface area contributed by atoms with E-state index in [-0.39, 0.29) is 12.1 Å². The maximum atomic E-state index is 12.5. The van der Waals surface area contributed by atoms with Crippen LogP contribution in [0, 0.1) is 0 Å². The molecule has 0 aromatic heterocycles. The van der Waals surface area contributed by atoms with Gasteiger partial charge in [-0.2, -0.15) is 0 Å². The van der Waals surface area contributed by atoms with Crippen LogP contribution in [0.3, 0.4) is 0 Å². The van der Waals surface area contributed by atoms with Gasteiger partial charge in [0.15, 0.2) is 0 Å². The van der Waals surface area contributed by atoms with Gasteiger partial charge in [-0.3, -0.25) is 0 Å². The smallest absolute Gasteiger partial charge is 0.331 e. The fraction of sp³-hybridized carbons (Fsp3) is 0.525. The van der Waals surface area contributed by atoms with Crippen molar-refractivity contribution in [1.82, 2.24) is 0 Å². The van der Waals surface area contributed by atoms with Gasteiger partial charge in [-0.15, -0.1) is 0 Å². The lowest BCUT2D eigenvalue weighted by molar-refractivity contribution is -0.140. The van der Waals surface area contributed by atoms with Gasteiger partial charge in [0.25, 0.3) is 0 Å². The number of hydrogen-bond donors (Lipinski definition) is 0. The van der Waals surface area contributed by atoms with E-state index < -0.39 is 0 Å². The van der Waals surface area contributed by atoms with E-state index in [2.05, 4.69) is 91.0 Å². The molecule has 2 nitrogen and oxygen atoms in total. The van der Waals surface area contributed by atoms with E-state index in [1.807, 2.05) is 30.4 Å². The van der Waals surface area contributed by atoms with Crippen LogP contribution in [-0.4, -0.2) is 12.1 Å². The molecule has 2 heteroatoms. The van der Waals surface area contributed by atoms with E-state index in [0.29, 0.717) is 6.42 Å². The lowest BCUT2D eigenvalue weighted by atomic mass is 10.0. The molecule has 0 amide bonds. The highest BCUT2D eigenvalue weighted by atomic mass is 16.5. The molecule has 0 spiro atoms. The molecule has 0 rings (SSSR count). The molecule has 1 unspecified atom stereocenters. The molecule has 0 heterocycles. The Labute approximate surface area is 260 Å². The summed E-state index contributed by atoms with van der Waals surface area (Å²) in [4.78, 5) is 12.5. The van der Waals surface area contributed by atoms with Crippen molar-refractivity contribution in [3.05, 3.63) is 107 Å². The van der Waals surface area contributed by atoms with E-state index in [1.165, 1.54) is 73.3 Å². The molecular weight excluding hydrogens is 512 g/mol. The molecule has 0 aliphatic rings. The van der Waals surface area contributed by atoms with Crippen molar-refractivity contribution >= 4 is 5.97 Å². The second kappa shape index (κ2) is 28.3. The molecule has 234 valence electrons. The van der Waals surface area contributed by atoms with Gasteiger partial charge in [-0.1, -0.05) is 141 Å². The Bertz CT molecular complexity index is 967. The van der Waals surface area contributed by atoms with Gasteiger partial charge < -0.3 is 4.74 Å². The third kappa shape index (κ3) is 28.7. The average molecular weight is 575 g/mol. The predicted molar refractivity (Wildman–Crippen MR) is 188 cm³/mol. The summed E-state index contributed by atoms with van der Waals surface area (Å²) in [6.45, 7) is 15.0. The molecular formula is C40H62O2. The first-order valence-corrected chi connectivity index (χ1v) is 16.4. The first-order chi connectivity index (χ1) is 20.2. The van der Waals surface area contributed by atoms with Gasteiger partial charge >= 0.3 is 5.97 Å². The molecule has 0 aliphatic carbocycles. The molecule has 0 aromatic rings. The number of esters is 1. The SMILES string of the molecule is CCCCCCCCCC=CC=CC=CC=CC=CC(=O)OC(C=C(C)CCC=C(C)C)CC=C(C)CCC=C(C)C. The number of rotatable bonds is 23. The molecule has 0 saturated heterocycles. The maximum absolute atomic E-state index is 12.5. The number of allylic oxidation sites excluding steroid dienone is 15. The lowest BCUT2D eigenvalue weighted by Gasteiger charge is -2.14. The second-order valence-electron chi connectivity index (χ2n) is 11.8. The van der Waals surface area contributed by atoms with Crippen LogP contribution in [0.4, 0.5) is 0 Å². The van der Waals surface area contributed by atoms with Crippen molar-refractivity contribution in [2.75, 3.05) is 0 Å². The molecule has 0 aromatic carbocycles. The van der Waals surface area contributed by atoms with Crippen molar-refractivity contribution in [3.8, 4) is 0 Å². The highest BCUT2D eigenvalue weighted by Crippen LogP contribution is 2.15. The Morgan fingerprint density at radius 2 is 1.12 bits per heavy atom. The predicted octanol–water partition coefficient (Wildman–Crippen LogP) is 12.6. The van der Waals surface area contributed by atoms with Gasteiger partial charge in [0, 0.05) is 12.5 Å². The maximum Gasteiger partial charge on any atom is 0.331 e. The molecule has 0 radical (unpaired) electrons. The Morgan fingerprint density at radius 3 is 1.71 bits per heavy atom. The standard InChI is InChI=1S/C40H62O2/c1-8-9-10-11-12-13-14-15-16-17-18-19-20-21-22-23-24-31-40(41)42-39(34-38(7)30-26-28-36(4)5)33-32-37(6)29-25-27-35(2)3/h16-24,27-28,31-32,34,39H,8-15,25-26,29-30,33H2,1-7H3. The molecule has 0 bridgehead atoms. The molecule has 0 saturated carbocycles. The van der Waals surface area contributed by atoms with Crippen LogP contribution >= 0.6 is 0 Å². The summed E-state index contributed by atoms with van der Waals surface area (Å²) in [5.74, 6) is -0.316. The fourth-order valence-corrected chi connectivity index (χ4v) is 4.25. The molecule has 0 fully saturated rings. The van der Waals surface area contributed by atoms with Crippen LogP contribution < -0.4 is 0 Å². The minimum Gasteiger partial charge on any atom is -0.455 e. The summed E-state index contributed by atoms with van der Waals surface area (Å²) in [6.07, 6.45) is 43.3. The van der Waals surface area contributed by atoms with Gasteiger partial charge in [0.2, 0.25) is 0 Å². The number of unbranched alkanes of at least 4 members (excludes halogenated alkanes) is 7. The van der Waals surface area contributed by atoms with E-state index in [9.17, 15) is 4.79 Å². The van der Waals surface area contributed by atoms with Crippen LogP contribution in [0.2, 0.25) is 0 Å². The molecule has 42 heavy (non-hydrogen) atoms. The van der Waals surface area contributed by atoms with Gasteiger partial charge in [0.1, 0.15) is 6.10 Å². The fourth-order valence-electron chi connectivity index (χ4n) is 4.25. The summed E-state index contributed by atoms with van der Waals surface area (Å²) in [5.41, 5.74) is 5.25. The Kier molecular flexibility index (Phi) is 26.3. The van der Waals surface area contributed by atoms with Crippen molar-refractivity contribution in [2.24, 2.45) is 0 Å². The van der Waals surface area contributed by atoms with Crippen LogP contribution in [-0.2, 0) is 9.53 Å².